The van der Waals surface area contributed by atoms with Crippen molar-refractivity contribution in [1.82, 2.24) is 9.78 Å². The van der Waals surface area contributed by atoms with Crippen molar-refractivity contribution in [2.75, 3.05) is 0 Å². The average molecular weight is 452 g/mol. The van der Waals surface area contributed by atoms with Crippen molar-refractivity contribution in [3.05, 3.63) is 76.6 Å². The van der Waals surface area contributed by atoms with Crippen LogP contribution in [0, 0.1) is 0 Å². The number of nitrogens with two attached hydrogens (primary N) is 1. The van der Waals surface area contributed by atoms with Gasteiger partial charge in [0, 0.05) is 25.2 Å². The minimum atomic E-state index is -0.270. The predicted octanol–water partition coefficient (Wildman–Crippen LogP) is 5.40. The van der Waals surface area contributed by atoms with E-state index in [2.05, 4.69) is 41.5 Å². The second-order valence-corrected chi connectivity index (χ2v) is 9.69. The molecular weight excluding hydrogens is 422 g/mol. The maximum Gasteiger partial charge on any atom is 0.124 e. The lowest BCUT2D eigenvalue weighted by Crippen LogP contribution is -2.47. The van der Waals surface area contributed by atoms with Crippen LogP contribution in [0.4, 0.5) is 0 Å². The Balaban J connectivity index is 1.18. The molecule has 2 aromatic carbocycles. The van der Waals surface area contributed by atoms with E-state index in [0.717, 1.165) is 55.7 Å². The molecule has 32 heavy (non-hydrogen) atoms. The number of halogens is 1. The Morgan fingerprint density at radius 2 is 1.94 bits per heavy atom. The van der Waals surface area contributed by atoms with Crippen molar-refractivity contribution in [2.24, 2.45) is 12.8 Å². The van der Waals surface area contributed by atoms with Crippen LogP contribution in [-0.2, 0) is 19.9 Å². The monoisotopic (exact) mass is 451 g/mol. The normalized spacial score (nSPS) is 25.1. The standard InChI is InChI=1S/C26H30ClN3O2/c1-30-17-22(27)23(29-30)16-26(28)13-11-20(12-14-26)31-21-8-10-25-19(15-21)7-9-24(32-25)18-5-3-2-4-6-18/h2-6,8,10,15,17,20,24H,7,9,11-14,16,28H2,1H3. The number of rotatable bonds is 5. The average Bonchev–Trinajstić information content (AvgIpc) is 3.11. The molecule has 1 unspecified atom stereocenters. The third kappa shape index (κ3) is 4.64. The van der Waals surface area contributed by atoms with Crippen LogP contribution in [-0.4, -0.2) is 21.4 Å². The summed E-state index contributed by atoms with van der Waals surface area (Å²) in [5.74, 6) is 1.89. The maximum atomic E-state index is 6.70. The number of benzene rings is 2. The Morgan fingerprint density at radius 1 is 1.16 bits per heavy atom. The van der Waals surface area contributed by atoms with E-state index in [9.17, 15) is 0 Å². The molecular formula is C26H30ClN3O2. The molecule has 1 aromatic heterocycles. The molecule has 6 heteroatoms. The van der Waals surface area contributed by atoms with Crippen molar-refractivity contribution < 1.29 is 9.47 Å². The van der Waals surface area contributed by atoms with Gasteiger partial charge in [0.2, 0.25) is 0 Å². The third-order valence-corrected chi connectivity index (χ3v) is 7.07. The first kappa shape index (κ1) is 21.4. The van der Waals surface area contributed by atoms with Gasteiger partial charge in [-0.25, -0.2) is 0 Å². The van der Waals surface area contributed by atoms with E-state index in [0.29, 0.717) is 11.4 Å². The van der Waals surface area contributed by atoms with Gasteiger partial charge in [0.05, 0.1) is 16.8 Å². The minimum Gasteiger partial charge on any atom is -0.490 e. The van der Waals surface area contributed by atoms with Crippen LogP contribution in [0.15, 0.2) is 54.7 Å². The van der Waals surface area contributed by atoms with Crippen LogP contribution in [0.2, 0.25) is 5.02 Å². The second kappa shape index (κ2) is 8.80. The SMILES string of the molecule is Cn1cc(Cl)c(CC2(N)CCC(Oc3ccc4c(c3)CCC(c3ccccc3)O4)CC2)n1. The first-order valence-electron chi connectivity index (χ1n) is 11.5. The van der Waals surface area contributed by atoms with E-state index in [4.69, 9.17) is 26.8 Å². The van der Waals surface area contributed by atoms with E-state index < -0.39 is 0 Å². The van der Waals surface area contributed by atoms with Gasteiger partial charge in [0.1, 0.15) is 17.6 Å². The van der Waals surface area contributed by atoms with Gasteiger partial charge in [0.15, 0.2) is 0 Å². The fraction of sp³-hybridized carbons (Fsp3) is 0.423. The first-order chi connectivity index (χ1) is 15.5. The fourth-order valence-corrected chi connectivity index (χ4v) is 5.20. The Morgan fingerprint density at radius 3 is 2.66 bits per heavy atom. The highest BCUT2D eigenvalue weighted by atomic mass is 35.5. The first-order valence-corrected chi connectivity index (χ1v) is 11.8. The van der Waals surface area contributed by atoms with E-state index >= 15 is 0 Å². The topological polar surface area (TPSA) is 62.3 Å². The zero-order chi connectivity index (χ0) is 22.1. The molecule has 5 rings (SSSR count). The highest BCUT2D eigenvalue weighted by molar-refractivity contribution is 6.31. The van der Waals surface area contributed by atoms with Gasteiger partial charge in [-0.2, -0.15) is 5.10 Å². The van der Waals surface area contributed by atoms with Crippen LogP contribution in [0.3, 0.4) is 0 Å². The Hall–Kier alpha value is -2.50. The Labute approximate surface area is 194 Å². The van der Waals surface area contributed by atoms with E-state index in [1.165, 1.54) is 11.1 Å². The predicted molar refractivity (Wildman–Crippen MR) is 126 cm³/mol. The molecule has 2 N–H and O–H groups in total. The number of hydrogen-bond acceptors (Lipinski definition) is 4. The fourth-order valence-electron chi connectivity index (χ4n) is 4.95. The van der Waals surface area contributed by atoms with Crippen molar-refractivity contribution >= 4 is 11.6 Å². The summed E-state index contributed by atoms with van der Waals surface area (Å²) in [6.45, 7) is 0. The van der Waals surface area contributed by atoms with E-state index in [-0.39, 0.29) is 17.7 Å². The van der Waals surface area contributed by atoms with Crippen molar-refractivity contribution in [2.45, 2.75) is 62.7 Å². The summed E-state index contributed by atoms with van der Waals surface area (Å²) in [7, 11) is 1.88. The minimum absolute atomic E-state index is 0.124. The second-order valence-electron chi connectivity index (χ2n) is 9.28. The Bertz CT molecular complexity index is 1070. The molecule has 1 aliphatic carbocycles. The molecule has 1 aliphatic heterocycles. The number of ether oxygens (including phenoxy) is 2. The van der Waals surface area contributed by atoms with Gasteiger partial charge in [-0.05, 0) is 67.9 Å². The molecule has 0 amide bonds. The van der Waals surface area contributed by atoms with Crippen LogP contribution in [0.25, 0.3) is 0 Å². The van der Waals surface area contributed by atoms with Gasteiger partial charge < -0.3 is 15.2 Å². The number of hydrogen-bond donors (Lipinski definition) is 1. The summed E-state index contributed by atoms with van der Waals surface area (Å²) < 4.78 is 14.4. The molecule has 0 saturated heterocycles. The summed E-state index contributed by atoms with van der Waals surface area (Å²) in [5.41, 5.74) is 9.78. The summed E-state index contributed by atoms with van der Waals surface area (Å²) >= 11 is 6.29. The molecule has 0 spiro atoms. The van der Waals surface area contributed by atoms with E-state index in [1.807, 2.05) is 25.4 Å². The van der Waals surface area contributed by atoms with E-state index in [1.54, 1.807) is 4.68 Å². The van der Waals surface area contributed by atoms with Gasteiger partial charge in [-0.1, -0.05) is 41.9 Å². The maximum absolute atomic E-state index is 6.70. The van der Waals surface area contributed by atoms with Gasteiger partial charge in [-0.15, -0.1) is 0 Å². The summed E-state index contributed by atoms with van der Waals surface area (Å²) in [6.07, 6.45) is 8.49. The smallest absolute Gasteiger partial charge is 0.124 e. The van der Waals surface area contributed by atoms with Crippen LogP contribution in [0.1, 0.15) is 55.0 Å². The number of aryl methyl sites for hydroxylation is 2. The lowest BCUT2D eigenvalue weighted by molar-refractivity contribution is 0.117. The zero-order valence-corrected chi connectivity index (χ0v) is 19.2. The number of fused-ring (bicyclic) bond motifs is 1. The lowest BCUT2D eigenvalue weighted by Gasteiger charge is -2.37. The molecule has 0 radical (unpaired) electrons. The largest absolute Gasteiger partial charge is 0.490 e. The third-order valence-electron chi connectivity index (χ3n) is 6.75. The zero-order valence-electron chi connectivity index (χ0n) is 18.5. The Kier molecular flexibility index (Phi) is 5.87. The molecule has 0 bridgehead atoms. The highest BCUT2D eigenvalue weighted by Gasteiger charge is 2.34. The molecule has 168 valence electrons. The van der Waals surface area contributed by atoms with Crippen LogP contribution in [0.5, 0.6) is 11.5 Å². The molecule has 5 nitrogen and oxygen atoms in total. The number of nitrogens with zero attached hydrogens (tertiary/aromatic N) is 2. The molecule has 2 heterocycles. The van der Waals surface area contributed by atoms with Crippen molar-refractivity contribution in [3.63, 3.8) is 0 Å². The molecule has 1 saturated carbocycles. The van der Waals surface area contributed by atoms with Crippen molar-refractivity contribution in [3.8, 4) is 11.5 Å². The molecule has 1 fully saturated rings. The quantitative estimate of drug-likeness (QED) is 0.564. The molecule has 1 atom stereocenters. The van der Waals surface area contributed by atoms with Crippen LogP contribution < -0.4 is 15.2 Å². The van der Waals surface area contributed by atoms with Crippen molar-refractivity contribution in [1.29, 1.82) is 0 Å². The van der Waals surface area contributed by atoms with Gasteiger partial charge in [0.25, 0.3) is 0 Å². The number of aromatic nitrogens is 2. The van der Waals surface area contributed by atoms with Crippen LogP contribution >= 0.6 is 11.6 Å². The highest BCUT2D eigenvalue weighted by Crippen LogP contribution is 2.38. The summed E-state index contributed by atoms with van der Waals surface area (Å²) in [4.78, 5) is 0. The molecule has 3 aromatic rings. The summed E-state index contributed by atoms with van der Waals surface area (Å²) in [5, 5.41) is 5.16. The summed E-state index contributed by atoms with van der Waals surface area (Å²) in [6, 6.07) is 16.7. The van der Waals surface area contributed by atoms with Gasteiger partial charge >= 0.3 is 0 Å². The lowest BCUT2D eigenvalue weighted by atomic mass is 9.78. The van der Waals surface area contributed by atoms with Gasteiger partial charge in [-0.3, -0.25) is 4.68 Å². The molecule has 2 aliphatic rings.